The van der Waals surface area contributed by atoms with Crippen LogP contribution in [0.4, 0.5) is 0 Å². The smallest absolute Gasteiger partial charge is 0.0843 e. The number of hydrogen-bond acceptors (Lipinski definition) is 4. The Labute approximate surface area is 125 Å². The van der Waals surface area contributed by atoms with E-state index in [0.29, 0.717) is 0 Å². The Morgan fingerprint density at radius 3 is 2.52 bits per heavy atom. The highest BCUT2D eigenvalue weighted by molar-refractivity contribution is 5.81. The minimum absolute atomic E-state index is 0.255. The van der Waals surface area contributed by atoms with Gasteiger partial charge in [-0.3, -0.25) is 14.5 Å². The van der Waals surface area contributed by atoms with Gasteiger partial charge in [-0.05, 0) is 13.0 Å². The first-order valence-electron chi connectivity index (χ1n) is 7.82. The van der Waals surface area contributed by atoms with Crippen molar-refractivity contribution < 1.29 is 5.11 Å². The number of β-amino-alcohol motifs (C(OH)–C–C–N with tert-alkyl or cyclic N) is 1. The quantitative estimate of drug-likeness (QED) is 0.897. The van der Waals surface area contributed by atoms with E-state index in [-0.39, 0.29) is 6.61 Å². The average Bonchev–Trinajstić information content (AvgIpc) is 2.88. The zero-order valence-electron chi connectivity index (χ0n) is 12.7. The second kappa shape index (κ2) is 6.56. The van der Waals surface area contributed by atoms with Gasteiger partial charge in [-0.2, -0.15) is 5.10 Å². The van der Waals surface area contributed by atoms with Crippen molar-refractivity contribution in [3.05, 3.63) is 30.0 Å². The van der Waals surface area contributed by atoms with E-state index in [9.17, 15) is 0 Å². The van der Waals surface area contributed by atoms with Crippen LogP contribution < -0.4 is 0 Å². The van der Waals surface area contributed by atoms with Crippen molar-refractivity contribution in [2.75, 3.05) is 39.3 Å². The van der Waals surface area contributed by atoms with E-state index in [4.69, 9.17) is 10.2 Å². The highest BCUT2D eigenvalue weighted by Gasteiger charge is 2.18. The normalized spacial score (nSPS) is 17.6. The number of rotatable bonds is 5. The topological polar surface area (TPSA) is 44.5 Å². The summed E-state index contributed by atoms with van der Waals surface area (Å²) >= 11 is 0. The highest BCUT2D eigenvalue weighted by Crippen LogP contribution is 2.20. The fourth-order valence-electron chi connectivity index (χ4n) is 3.08. The molecule has 5 heteroatoms. The van der Waals surface area contributed by atoms with Crippen LogP contribution in [0.5, 0.6) is 0 Å². The van der Waals surface area contributed by atoms with E-state index in [1.165, 1.54) is 16.6 Å². The van der Waals surface area contributed by atoms with Gasteiger partial charge in [-0.15, -0.1) is 0 Å². The van der Waals surface area contributed by atoms with Crippen molar-refractivity contribution in [2.24, 2.45) is 0 Å². The van der Waals surface area contributed by atoms with Gasteiger partial charge in [0.05, 0.1) is 17.8 Å². The Morgan fingerprint density at radius 2 is 1.81 bits per heavy atom. The van der Waals surface area contributed by atoms with Crippen LogP contribution in [0.2, 0.25) is 0 Å². The van der Waals surface area contributed by atoms with Crippen LogP contribution in [0.1, 0.15) is 12.6 Å². The van der Waals surface area contributed by atoms with Crippen molar-refractivity contribution >= 4 is 10.9 Å². The van der Waals surface area contributed by atoms with Gasteiger partial charge in [-0.1, -0.05) is 18.2 Å². The number of aliphatic hydroxyl groups excluding tert-OH is 1. The summed E-state index contributed by atoms with van der Waals surface area (Å²) < 4.78 is 2.09. The SMILES string of the molecule is CCn1nc(CN2CCN(CCO)CC2)c2ccccc21. The molecule has 5 nitrogen and oxygen atoms in total. The summed E-state index contributed by atoms with van der Waals surface area (Å²) in [4.78, 5) is 4.78. The number of para-hydroxylation sites is 1. The lowest BCUT2D eigenvalue weighted by Crippen LogP contribution is -2.46. The number of fused-ring (bicyclic) bond motifs is 1. The molecule has 0 saturated carbocycles. The first kappa shape index (κ1) is 14.5. The molecule has 0 amide bonds. The monoisotopic (exact) mass is 288 g/mol. The van der Waals surface area contributed by atoms with Crippen LogP contribution >= 0.6 is 0 Å². The zero-order chi connectivity index (χ0) is 14.7. The van der Waals surface area contributed by atoms with Crippen molar-refractivity contribution in [1.82, 2.24) is 19.6 Å². The molecule has 0 spiro atoms. The molecular formula is C16H24N4O. The Morgan fingerprint density at radius 1 is 1.10 bits per heavy atom. The average molecular weight is 288 g/mol. The van der Waals surface area contributed by atoms with Crippen LogP contribution in [0.3, 0.4) is 0 Å². The number of aromatic nitrogens is 2. The van der Waals surface area contributed by atoms with Gasteiger partial charge in [0, 0.05) is 51.2 Å². The molecule has 3 rings (SSSR count). The summed E-state index contributed by atoms with van der Waals surface area (Å²) in [6, 6.07) is 8.49. The zero-order valence-corrected chi connectivity index (χ0v) is 12.7. The van der Waals surface area contributed by atoms with Gasteiger partial charge in [0.2, 0.25) is 0 Å². The maximum atomic E-state index is 9.00. The van der Waals surface area contributed by atoms with Crippen LogP contribution in [-0.4, -0.2) is 64.0 Å². The second-order valence-corrected chi connectivity index (χ2v) is 5.62. The molecule has 1 aliphatic heterocycles. The van der Waals surface area contributed by atoms with Crippen molar-refractivity contribution in [3.8, 4) is 0 Å². The van der Waals surface area contributed by atoms with Crippen LogP contribution in [0.25, 0.3) is 10.9 Å². The minimum Gasteiger partial charge on any atom is -0.395 e. The number of aliphatic hydroxyl groups is 1. The molecule has 1 saturated heterocycles. The third-order valence-electron chi connectivity index (χ3n) is 4.29. The van der Waals surface area contributed by atoms with Crippen molar-refractivity contribution in [3.63, 3.8) is 0 Å². The lowest BCUT2D eigenvalue weighted by atomic mass is 10.2. The Kier molecular flexibility index (Phi) is 4.53. The van der Waals surface area contributed by atoms with E-state index in [1.807, 2.05) is 0 Å². The molecule has 1 fully saturated rings. The summed E-state index contributed by atoms with van der Waals surface area (Å²) in [6.07, 6.45) is 0. The van der Waals surface area contributed by atoms with Crippen molar-refractivity contribution in [2.45, 2.75) is 20.0 Å². The third kappa shape index (κ3) is 3.10. The maximum Gasteiger partial charge on any atom is 0.0843 e. The van der Waals surface area contributed by atoms with Crippen LogP contribution in [0, 0.1) is 0 Å². The summed E-state index contributed by atoms with van der Waals surface area (Å²) in [6.45, 7) is 9.18. The summed E-state index contributed by atoms with van der Waals surface area (Å²) in [5, 5.41) is 15.1. The lowest BCUT2D eigenvalue weighted by molar-refractivity contribution is 0.108. The van der Waals surface area contributed by atoms with E-state index >= 15 is 0 Å². The molecule has 0 radical (unpaired) electrons. The molecule has 1 aromatic carbocycles. The molecule has 0 unspecified atom stereocenters. The largest absolute Gasteiger partial charge is 0.395 e. The van der Waals surface area contributed by atoms with Gasteiger partial charge in [0.15, 0.2) is 0 Å². The van der Waals surface area contributed by atoms with Crippen LogP contribution in [0.15, 0.2) is 24.3 Å². The number of aryl methyl sites for hydroxylation is 1. The van der Waals surface area contributed by atoms with Gasteiger partial charge in [0.25, 0.3) is 0 Å². The van der Waals surface area contributed by atoms with E-state index in [2.05, 4.69) is 45.7 Å². The highest BCUT2D eigenvalue weighted by atomic mass is 16.3. The third-order valence-corrected chi connectivity index (χ3v) is 4.29. The van der Waals surface area contributed by atoms with E-state index in [0.717, 1.165) is 45.8 Å². The standard InChI is InChI=1S/C16H24N4O/c1-2-20-16-6-4-3-5-14(16)15(17-20)13-19-9-7-18(8-10-19)11-12-21/h3-6,21H,2,7-13H2,1H3. The molecule has 2 aromatic rings. The van der Waals surface area contributed by atoms with Gasteiger partial charge in [-0.25, -0.2) is 0 Å². The minimum atomic E-state index is 0.255. The summed E-state index contributed by atoms with van der Waals surface area (Å²) in [7, 11) is 0. The fraction of sp³-hybridized carbons (Fsp3) is 0.562. The molecular weight excluding hydrogens is 264 g/mol. The van der Waals surface area contributed by atoms with E-state index < -0.39 is 0 Å². The molecule has 1 aromatic heterocycles. The second-order valence-electron chi connectivity index (χ2n) is 5.62. The van der Waals surface area contributed by atoms with Gasteiger partial charge >= 0.3 is 0 Å². The Bertz CT molecular complexity index is 587. The van der Waals surface area contributed by atoms with Crippen molar-refractivity contribution in [1.29, 1.82) is 0 Å². The first-order valence-corrected chi connectivity index (χ1v) is 7.82. The number of piperazine rings is 1. The Hall–Kier alpha value is -1.43. The number of nitrogens with zero attached hydrogens (tertiary/aromatic N) is 4. The molecule has 0 bridgehead atoms. The predicted octanol–water partition coefficient (Wildman–Crippen LogP) is 1.17. The molecule has 0 aliphatic carbocycles. The van der Waals surface area contributed by atoms with Gasteiger partial charge in [0.1, 0.15) is 0 Å². The van der Waals surface area contributed by atoms with Crippen LogP contribution in [-0.2, 0) is 13.1 Å². The summed E-state index contributed by atoms with van der Waals surface area (Å²) in [5.41, 5.74) is 2.41. The lowest BCUT2D eigenvalue weighted by Gasteiger charge is -2.33. The van der Waals surface area contributed by atoms with Gasteiger partial charge < -0.3 is 5.11 Å². The predicted molar refractivity (Wildman–Crippen MR) is 84.2 cm³/mol. The Balaban J connectivity index is 1.71. The molecule has 1 N–H and O–H groups in total. The fourth-order valence-corrected chi connectivity index (χ4v) is 3.08. The molecule has 1 aliphatic rings. The molecule has 114 valence electrons. The number of benzene rings is 1. The summed E-state index contributed by atoms with van der Waals surface area (Å²) in [5.74, 6) is 0. The van der Waals surface area contributed by atoms with E-state index in [1.54, 1.807) is 0 Å². The molecule has 0 atom stereocenters. The molecule has 2 heterocycles. The molecule has 21 heavy (non-hydrogen) atoms. The first-order chi connectivity index (χ1) is 10.3. The number of hydrogen-bond donors (Lipinski definition) is 1. The maximum absolute atomic E-state index is 9.00.